The monoisotopic (exact) mass is 335 g/mol. The van der Waals surface area contributed by atoms with Crippen LogP contribution >= 0.6 is 0 Å². The van der Waals surface area contributed by atoms with Crippen molar-refractivity contribution >= 4 is 17.5 Å². The van der Waals surface area contributed by atoms with Crippen molar-refractivity contribution in [3.05, 3.63) is 23.7 Å². The van der Waals surface area contributed by atoms with Crippen molar-refractivity contribution in [3.63, 3.8) is 0 Å². The van der Waals surface area contributed by atoms with Gasteiger partial charge in [0.1, 0.15) is 17.5 Å². The second-order valence-corrected chi connectivity index (χ2v) is 4.62. The van der Waals surface area contributed by atoms with Gasteiger partial charge < -0.3 is 10.6 Å². The summed E-state index contributed by atoms with van der Waals surface area (Å²) in [5, 5.41) is 18.1. The van der Waals surface area contributed by atoms with Crippen molar-refractivity contribution in [1.82, 2.24) is 19.7 Å². The van der Waals surface area contributed by atoms with Crippen molar-refractivity contribution < 1.29 is 13.2 Å². The van der Waals surface area contributed by atoms with Crippen molar-refractivity contribution in [1.29, 1.82) is 5.26 Å². The fraction of sp³-hybridized carbons (Fsp3) is 0.286. The molecule has 2 aromatic rings. The fourth-order valence-electron chi connectivity index (χ4n) is 1.93. The molecule has 0 saturated carbocycles. The predicted octanol–water partition coefficient (Wildman–Crippen LogP) is 2.48. The van der Waals surface area contributed by atoms with Crippen LogP contribution in [0.3, 0.4) is 0 Å². The molecule has 0 fully saturated rings. The summed E-state index contributed by atoms with van der Waals surface area (Å²) in [5.74, 6) is 1.86. The molecule has 24 heavy (non-hydrogen) atoms. The first-order chi connectivity index (χ1) is 11.3. The topological polar surface area (TPSA) is 91.5 Å². The van der Waals surface area contributed by atoms with Crippen LogP contribution in [0.15, 0.2) is 12.4 Å². The highest BCUT2D eigenvalue weighted by atomic mass is 19.4. The maximum absolute atomic E-state index is 12.8. The Hall–Kier alpha value is -3.27. The lowest BCUT2D eigenvalue weighted by molar-refractivity contribution is -0.137. The highest BCUT2D eigenvalue weighted by Gasteiger charge is 2.35. The van der Waals surface area contributed by atoms with E-state index in [1.54, 1.807) is 6.92 Å². The third-order valence-corrected chi connectivity index (χ3v) is 3.15. The maximum Gasteiger partial charge on any atom is 0.421 e. The second kappa shape index (κ2) is 6.46. The Labute approximate surface area is 135 Å². The predicted molar refractivity (Wildman–Crippen MR) is 80.3 cm³/mol. The average molecular weight is 335 g/mol. The van der Waals surface area contributed by atoms with Gasteiger partial charge in [0.2, 0.25) is 5.95 Å². The van der Waals surface area contributed by atoms with E-state index in [0.717, 1.165) is 0 Å². The summed E-state index contributed by atoms with van der Waals surface area (Å²) in [5.41, 5.74) is -0.0267. The van der Waals surface area contributed by atoms with Gasteiger partial charge in [-0.2, -0.15) is 28.5 Å². The average Bonchev–Trinajstić information content (AvgIpc) is 2.89. The molecule has 0 spiro atoms. The summed E-state index contributed by atoms with van der Waals surface area (Å²) in [6.45, 7) is 1.65. The Morgan fingerprint density at radius 1 is 1.38 bits per heavy atom. The Morgan fingerprint density at radius 2 is 2.08 bits per heavy atom. The lowest BCUT2D eigenvalue weighted by Crippen LogP contribution is -2.13. The van der Waals surface area contributed by atoms with E-state index in [4.69, 9.17) is 11.7 Å². The molecular formula is C14H12F3N7. The number of rotatable bonds is 4. The number of anilines is 3. The molecule has 0 bridgehead atoms. The number of alkyl halides is 3. The molecule has 0 aliphatic carbocycles. The first kappa shape index (κ1) is 17.1. The molecule has 2 rings (SSSR count). The summed E-state index contributed by atoms with van der Waals surface area (Å²) < 4.78 is 39.8. The van der Waals surface area contributed by atoms with Gasteiger partial charge in [-0.25, -0.2) is 9.67 Å². The molecule has 124 valence electrons. The number of aromatic nitrogens is 4. The number of halogens is 3. The van der Waals surface area contributed by atoms with Gasteiger partial charge in [-0.1, -0.05) is 5.92 Å². The molecule has 2 aromatic heterocycles. The minimum atomic E-state index is -4.56. The summed E-state index contributed by atoms with van der Waals surface area (Å²) in [4.78, 5) is 7.45. The molecule has 0 aliphatic heterocycles. The molecule has 0 aromatic carbocycles. The smallest absolute Gasteiger partial charge is 0.372 e. The van der Waals surface area contributed by atoms with Crippen molar-refractivity contribution in [2.24, 2.45) is 0 Å². The van der Waals surface area contributed by atoms with Crippen molar-refractivity contribution in [2.75, 3.05) is 17.7 Å². The standard InChI is InChI=1S/C14H12F3N7/c1-4-9(5-18)24-8(2)11(7-21-24)22-13-20-6-10(14(15,16)17)12(19-3)23-13/h1,6-7,9H,2-3H3,(H2,19,20,22,23)/t9-/m1/s1. The number of nitrogens with one attached hydrogen (secondary N) is 2. The summed E-state index contributed by atoms with van der Waals surface area (Å²) >= 11 is 0. The normalized spacial score (nSPS) is 12.1. The number of nitriles is 1. The van der Waals surface area contributed by atoms with E-state index in [9.17, 15) is 13.2 Å². The van der Waals surface area contributed by atoms with Crippen LogP contribution in [0.5, 0.6) is 0 Å². The van der Waals surface area contributed by atoms with Gasteiger partial charge in [0.15, 0.2) is 6.04 Å². The molecule has 1 atom stereocenters. The van der Waals surface area contributed by atoms with E-state index in [1.165, 1.54) is 17.9 Å². The minimum Gasteiger partial charge on any atom is -0.372 e. The molecule has 2 heterocycles. The summed E-state index contributed by atoms with van der Waals surface area (Å²) in [6.07, 6.45) is 2.75. The lowest BCUT2D eigenvalue weighted by atomic mass is 10.3. The number of hydrogen-bond donors (Lipinski definition) is 2. The molecular weight excluding hydrogens is 323 g/mol. The van der Waals surface area contributed by atoms with Gasteiger partial charge in [-0.15, -0.1) is 6.42 Å². The Balaban J connectivity index is 2.33. The molecule has 7 nitrogen and oxygen atoms in total. The SMILES string of the molecule is C#C[C@H](C#N)n1ncc(Nc2ncc(C(F)(F)F)c(NC)n2)c1C. The number of nitrogens with zero attached hydrogens (tertiary/aromatic N) is 5. The Bertz CT molecular complexity index is 812. The van der Waals surface area contributed by atoms with Crippen LogP contribution in [-0.4, -0.2) is 26.8 Å². The summed E-state index contributed by atoms with van der Waals surface area (Å²) in [7, 11) is 1.33. The summed E-state index contributed by atoms with van der Waals surface area (Å²) in [6, 6.07) is 1.01. The van der Waals surface area contributed by atoms with E-state index in [1.807, 2.05) is 6.07 Å². The van der Waals surface area contributed by atoms with Gasteiger partial charge in [0.25, 0.3) is 0 Å². The quantitative estimate of drug-likeness (QED) is 0.834. The van der Waals surface area contributed by atoms with Crippen LogP contribution in [0.25, 0.3) is 0 Å². The van der Waals surface area contributed by atoms with E-state index >= 15 is 0 Å². The molecule has 0 radical (unpaired) electrons. The van der Waals surface area contributed by atoms with Gasteiger partial charge in [0.05, 0.1) is 17.6 Å². The van der Waals surface area contributed by atoms with Gasteiger partial charge >= 0.3 is 6.18 Å². The first-order valence-electron chi connectivity index (χ1n) is 6.60. The Morgan fingerprint density at radius 3 is 2.62 bits per heavy atom. The van der Waals surface area contributed by atoms with E-state index in [2.05, 4.69) is 31.6 Å². The largest absolute Gasteiger partial charge is 0.421 e. The molecule has 0 aliphatic rings. The fourth-order valence-corrected chi connectivity index (χ4v) is 1.93. The first-order valence-corrected chi connectivity index (χ1v) is 6.60. The van der Waals surface area contributed by atoms with Gasteiger partial charge in [-0.05, 0) is 6.92 Å². The zero-order chi connectivity index (χ0) is 17.9. The number of terminal acetylenes is 1. The van der Waals surface area contributed by atoms with Crippen LogP contribution in [-0.2, 0) is 6.18 Å². The zero-order valence-electron chi connectivity index (χ0n) is 12.7. The lowest BCUT2D eigenvalue weighted by Gasteiger charge is -2.12. The molecule has 10 heteroatoms. The highest BCUT2D eigenvalue weighted by Crippen LogP contribution is 2.34. The third kappa shape index (κ3) is 3.22. The number of hydrogen-bond acceptors (Lipinski definition) is 6. The molecule has 2 N–H and O–H groups in total. The second-order valence-electron chi connectivity index (χ2n) is 4.62. The maximum atomic E-state index is 12.8. The van der Waals surface area contributed by atoms with Crippen LogP contribution in [0, 0.1) is 30.6 Å². The van der Waals surface area contributed by atoms with Gasteiger partial charge in [0, 0.05) is 13.2 Å². The highest BCUT2D eigenvalue weighted by molar-refractivity contribution is 5.58. The molecule has 0 unspecified atom stereocenters. The molecule has 0 saturated heterocycles. The Kier molecular flexibility index (Phi) is 4.60. The minimum absolute atomic E-state index is 0.0517. The van der Waals surface area contributed by atoms with Crippen LogP contribution in [0.2, 0.25) is 0 Å². The van der Waals surface area contributed by atoms with Crippen LogP contribution in [0.1, 0.15) is 17.3 Å². The van der Waals surface area contributed by atoms with Crippen LogP contribution < -0.4 is 10.6 Å². The van der Waals surface area contributed by atoms with Crippen LogP contribution in [0.4, 0.5) is 30.6 Å². The van der Waals surface area contributed by atoms with Gasteiger partial charge in [-0.3, -0.25) is 0 Å². The van der Waals surface area contributed by atoms with Crippen molar-refractivity contribution in [2.45, 2.75) is 19.1 Å². The van der Waals surface area contributed by atoms with E-state index in [0.29, 0.717) is 17.6 Å². The van der Waals surface area contributed by atoms with E-state index < -0.39 is 17.8 Å². The van der Waals surface area contributed by atoms with E-state index in [-0.39, 0.29) is 11.8 Å². The molecule has 0 amide bonds. The third-order valence-electron chi connectivity index (χ3n) is 3.15. The van der Waals surface area contributed by atoms with Crippen molar-refractivity contribution in [3.8, 4) is 18.4 Å². The zero-order valence-corrected chi connectivity index (χ0v) is 12.7.